The van der Waals surface area contributed by atoms with Crippen LogP contribution in [0.1, 0.15) is 16.1 Å². The van der Waals surface area contributed by atoms with Gasteiger partial charge in [-0.1, -0.05) is 12.1 Å². The van der Waals surface area contributed by atoms with Crippen molar-refractivity contribution in [3.63, 3.8) is 0 Å². The first-order chi connectivity index (χ1) is 15.8. The minimum Gasteiger partial charge on any atom is -0.493 e. The molecule has 4 aromatic rings. The molecule has 0 aliphatic carbocycles. The third-order valence-corrected chi connectivity index (χ3v) is 6.01. The number of carbonyl (C=O) groups is 1. The summed E-state index contributed by atoms with van der Waals surface area (Å²) in [6.07, 6.45) is 1.45. The number of fused-ring (bicyclic) bond motifs is 1. The predicted molar refractivity (Wildman–Crippen MR) is 121 cm³/mol. The summed E-state index contributed by atoms with van der Waals surface area (Å²) >= 11 is 0. The number of aromatic nitrogens is 2. The molecule has 4 rings (SSSR count). The highest BCUT2D eigenvalue weighted by Crippen LogP contribution is 2.25. The van der Waals surface area contributed by atoms with Crippen molar-refractivity contribution in [2.24, 2.45) is 0 Å². The molecule has 2 aromatic heterocycles. The van der Waals surface area contributed by atoms with Crippen LogP contribution in [0.3, 0.4) is 0 Å². The lowest BCUT2D eigenvalue weighted by molar-refractivity contribution is 0.102. The number of benzene rings is 2. The molecule has 0 bridgehead atoms. The molecule has 0 spiro atoms. The van der Waals surface area contributed by atoms with Gasteiger partial charge < -0.3 is 14.5 Å². The van der Waals surface area contributed by atoms with E-state index in [-0.39, 0.29) is 22.0 Å². The minimum absolute atomic E-state index is 0.0192. The zero-order valence-corrected chi connectivity index (χ0v) is 18.4. The fourth-order valence-corrected chi connectivity index (χ4v) is 4.01. The Kier molecular flexibility index (Phi) is 5.80. The van der Waals surface area contributed by atoms with Crippen molar-refractivity contribution in [1.29, 1.82) is 5.41 Å². The number of aryl methyl sites for hydroxylation is 1. The van der Waals surface area contributed by atoms with Gasteiger partial charge in [-0.05, 0) is 49.4 Å². The van der Waals surface area contributed by atoms with Crippen LogP contribution >= 0.6 is 0 Å². The molecule has 33 heavy (non-hydrogen) atoms. The van der Waals surface area contributed by atoms with Crippen LogP contribution in [0.25, 0.3) is 11.0 Å². The quantitative estimate of drug-likeness (QED) is 0.396. The standard InChI is InChI=1S/C22H19N5O5S/c1-13-10-11-24-22(25-13)27-33(29,30)16-8-6-15(7-9-16)26-21(28)17-12-14-4-3-5-18(31-2)19(14)32-20(17)23/h3-12,23H,1-2H3,(H,26,28)(H,24,25,27). The number of ether oxygens (including phenoxy) is 1. The van der Waals surface area contributed by atoms with E-state index in [4.69, 9.17) is 14.6 Å². The van der Waals surface area contributed by atoms with E-state index in [1.165, 1.54) is 43.6 Å². The topological polar surface area (TPSA) is 147 Å². The highest BCUT2D eigenvalue weighted by molar-refractivity contribution is 7.92. The lowest BCUT2D eigenvalue weighted by atomic mass is 10.1. The lowest BCUT2D eigenvalue weighted by Gasteiger charge is -2.09. The maximum Gasteiger partial charge on any atom is 0.264 e. The summed E-state index contributed by atoms with van der Waals surface area (Å²) < 4.78 is 38.1. The Morgan fingerprint density at radius 3 is 2.58 bits per heavy atom. The van der Waals surface area contributed by atoms with Gasteiger partial charge in [0.1, 0.15) is 5.56 Å². The molecule has 0 fully saturated rings. The number of carbonyl (C=O) groups excluding carboxylic acids is 1. The zero-order valence-electron chi connectivity index (χ0n) is 17.6. The van der Waals surface area contributed by atoms with Gasteiger partial charge in [0.05, 0.1) is 12.0 Å². The Balaban J connectivity index is 1.54. The number of hydrogen-bond donors (Lipinski definition) is 3. The summed E-state index contributed by atoms with van der Waals surface area (Å²) in [5, 5.41) is 11.3. The van der Waals surface area contributed by atoms with Crippen molar-refractivity contribution < 1.29 is 22.4 Å². The molecule has 2 aromatic carbocycles. The van der Waals surface area contributed by atoms with E-state index < -0.39 is 15.9 Å². The molecule has 0 saturated carbocycles. The van der Waals surface area contributed by atoms with Crippen molar-refractivity contribution in [3.8, 4) is 5.75 Å². The molecule has 0 unspecified atom stereocenters. The van der Waals surface area contributed by atoms with E-state index in [2.05, 4.69) is 20.0 Å². The van der Waals surface area contributed by atoms with Crippen molar-refractivity contribution in [2.75, 3.05) is 17.1 Å². The minimum atomic E-state index is -3.91. The van der Waals surface area contributed by atoms with E-state index in [1.54, 1.807) is 31.2 Å². The summed E-state index contributed by atoms with van der Waals surface area (Å²) in [4.78, 5) is 20.6. The van der Waals surface area contributed by atoms with E-state index in [0.29, 0.717) is 28.1 Å². The molecule has 3 N–H and O–H groups in total. The maximum absolute atomic E-state index is 12.7. The SMILES string of the molecule is COc1cccc2cc(C(=O)Nc3ccc(S(=O)(=O)Nc4nccc(C)n4)cc3)c(=N)oc12. The third-order valence-electron chi connectivity index (χ3n) is 4.67. The Labute approximate surface area is 188 Å². The molecular weight excluding hydrogens is 446 g/mol. The van der Waals surface area contributed by atoms with Gasteiger partial charge in [-0.15, -0.1) is 0 Å². The number of nitrogens with one attached hydrogen (secondary N) is 3. The largest absolute Gasteiger partial charge is 0.493 e. The smallest absolute Gasteiger partial charge is 0.264 e. The van der Waals surface area contributed by atoms with Crippen molar-refractivity contribution in [3.05, 3.63) is 77.6 Å². The lowest BCUT2D eigenvalue weighted by Crippen LogP contribution is -2.21. The molecule has 0 aliphatic rings. The van der Waals surface area contributed by atoms with Gasteiger partial charge >= 0.3 is 0 Å². The van der Waals surface area contributed by atoms with E-state index in [1.807, 2.05) is 0 Å². The number of nitrogens with zero attached hydrogens (tertiary/aromatic N) is 2. The fourth-order valence-electron chi connectivity index (χ4n) is 3.06. The summed E-state index contributed by atoms with van der Waals surface area (Å²) in [5.74, 6) is -0.156. The summed E-state index contributed by atoms with van der Waals surface area (Å²) in [6, 6.07) is 13.9. The second-order valence-corrected chi connectivity index (χ2v) is 8.66. The van der Waals surface area contributed by atoms with Crippen LogP contribution in [0.15, 0.2) is 70.1 Å². The summed E-state index contributed by atoms with van der Waals surface area (Å²) in [7, 11) is -2.42. The van der Waals surface area contributed by atoms with Crippen LogP contribution in [-0.2, 0) is 10.0 Å². The van der Waals surface area contributed by atoms with Crippen LogP contribution in [0, 0.1) is 12.3 Å². The monoisotopic (exact) mass is 465 g/mol. The van der Waals surface area contributed by atoms with Crippen LogP contribution in [0.5, 0.6) is 5.75 Å². The van der Waals surface area contributed by atoms with E-state index >= 15 is 0 Å². The van der Waals surface area contributed by atoms with Crippen molar-refractivity contribution in [1.82, 2.24) is 9.97 Å². The van der Waals surface area contributed by atoms with Crippen LogP contribution in [0.2, 0.25) is 0 Å². The number of anilines is 2. The Hall–Kier alpha value is -4.25. The van der Waals surface area contributed by atoms with Gasteiger partial charge in [-0.3, -0.25) is 10.2 Å². The molecular formula is C22H19N5O5S. The Morgan fingerprint density at radius 2 is 1.88 bits per heavy atom. The molecule has 11 heteroatoms. The highest BCUT2D eigenvalue weighted by Gasteiger charge is 2.17. The second kappa shape index (κ2) is 8.71. The van der Waals surface area contributed by atoms with E-state index in [9.17, 15) is 13.2 Å². The number of amides is 1. The average Bonchev–Trinajstić information content (AvgIpc) is 2.78. The molecule has 168 valence electrons. The first-order valence-corrected chi connectivity index (χ1v) is 11.1. The molecule has 2 heterocycles. The molecule has 0 radical (unpaired) electrons. The first-order valence-electron chi connectivity index (χ1n) is 9.66. The van der Waals surface area contributed by atoms with Gasteiger partial charge in [-0.25, -0.2) is 23.1 Å². The van der Waals surface area contributed by atoms with Crippen LogP contribution < -0.4 is 20.3 Å². The van der Waals surface area contributed by atoms with Gasteiger partial charge in [0.2, 0.25) is 11.5 Å². The fraction of sp³-hybridized carbons (Fsp3) is 0.0909. The second-order valence-electron chi connectivity index (χ2n) is 6.97. The maximum atomic E-state index is 12.7. The molecule has 10 nitrogen and oxygen atoms in total. The normalized spacial score (nSPS) is 11.2. The molecule has 0 atom stereocenters. The van der Waals surface area contributed by atoms with Crippen molar-refractivity contribution >= 4 is 38.5 Å². The van der Waals surface area contributed by atoms with Crippen LogP contribution in [0.4, 0.5) is 11.6 Å². The number of para-hydroxylation sites is 1. The third kappa shape index (κ3) is 4.67. The summed E-state index contributed by atoms with van der Waals surface area (Å²) in [5.41, 5.74) is 1.02. The van der Waals surface area contributed by atoms with E-state index in [0.717, 1.165) is 0 Å². The molecule has 1 amide bonds. The van der Waals surface area contributed by atoms with Gasteiger partial charge in [0.25, 0.3) is 15.9 Å². The van der Waals surface area contributed by atoms with Gasteiger partial charge in [0, 0.05) is 23.0 Å². The highest BCUT2D eigenvalue weighted by atomic mass is 32.2. The van der Waals surface area contributed by atoms with Crippen molar-refractivity contribution in [2.45, 2.75) is 11.8 Å². The van der Waals surface area contributed by atoms with Gasteiger partial charge in [0.15, 0.2) is 11.3 Å². The Bertz CT molecular complexity index is 1510. The number of hydrogen-bond acceptors (Lipinski definition) is 8. The number of sulfonamides is 1. The van der Waals surface area contributed by atoms with Gasteiger partial charge in [-0.2, -0.15) is 0 Å². The summed E-state index contributed by atoms with van der Waals surface area (Å²) in [6.45, 7) is 1.72. The zero-order chi connectivity index (χ0) is 23.6. The predicted octanol–water partition coefficient (Wildman–Crippen LogP) is 3.07. The molecule has 0 saturated heterocycles. The molecule has 0 aliphatic heterocycles. The number of rotatable bonds is 6. The average molecular weight is 465 g/mol. The first kappa shape index (κ1) is 22.0. The number of methoxy groups -OCH3 is 1. The Morgan fingerprint density at radius 1 is 1.12 bits per heavy atom. The van der Waals surface area contributed by atoms with Crippen LogP contribution in [-0.4, -0.2) is 31.4 Å².